The second kappa shape index (κ2) is 10.1. The number of aliphatic hydroxyl groups is 1. The number of aromatic nitrogens is 1. The largest absolute Gasteiger partial charge is 0.382 e. The van der Waals surface area contributed by atoms with Crippen LogP contribution < -0.4 is 16.1 Å². The highest BCUT2D eigenvalue weighted by molar-refractivity contribution is 5.98. The smallest absolute Gasteiger partial charge is 0.272 e. The third-order valence-corrected chi connectivity index (χ3v) is 4.17. The molecule has 1 aromatic heterocycles. The van der Waals surface area contributed by atoms with Crippen molar-refractivity contribution >= 4 is 23.4 Å². The van der Waals surface area contributed by atoms with E-state index in [1.54, 1.807) is 39.1 Å². The zero-order valence-corrected chi connectivity index (χ0v) is 16.9. The van der Waals surface area contributed by atoms with Gasteiger partial charge in [0.2, 0.25) is 11.8 Å². The Bertz CT molecular complexity index is 673. The summed E-state index contributed by atoms with van der Waals surface area (Å²) in [5.74, 6) is -3.30. The van der Waals surface area contributed by atoms with E-state index in [1.807, 2.05) is 13.8 Å². The first-order valence-corrected chi connectivity index (χ1v) is 9.10. The molecule has 0 aromatic carbocycles. The summed E-state index contributed by atoms with van der Waals surface area (Å²) < 4.78 is 0. The van der Waals surface area contributed by atoms with Gasteiger partial charge < -0.3 is 15.7 Å². The minimum Gasteiger partial charge on any atom is -0.382 e. The van der Waals surface area contributed by atoms with Crippen molar-refractivity contribution < 1.29 is 24.7 Å². The van der Waals surface area contributed by atoms with Gasteiger partial charge in [0.25, 0.3) is 5.91 Å². The molecular formula is C19H30N4O5. The molecule has 0 saturated carbocycles. The van der Waals surface area contributed by atoms with Gasteiger partial charge in [-0.1, -0.05) is 34.6 Å². The summed E-state index contributed by atoms with van der Waals surface area (Å²) >= 11 is 0. The molecule has 0 fully saturated rings. The summed E-state index contributed by atoms with van der Waals surface area (Å²) in [4.78, 5) is 41.1. The number of anilines is 1. The molecule has 1 unspecified atom stereocenters. The van der Waals surface area contributed by atoms with E-state index in [4.69, 9.17) is 5.21 Å². The van der Waals surface area contributed by atoms with Crippen LogP contribution in [-0.4, -0.2) is 45.2 Å². The lowest BCUT2D eigenvalue weighted by molar-refractivity contribution is -0.147. The summed E-state index contributed by atoms with van der Waals surface area (Å²) in [6.07, 6.45) is 1.51. The highest BCUT2D eigenvalue weighted by Crippen LogP contribution is 2.23. The van der Waals surface area contributed by atoms with Crippen LogP contribution in [-0.2, 0) is 14.4 Å². The molecule has 1 heterocycles. The zero-order valence-electron chi connectivity index (χ0n) is 16.9. The Hall–Kier alpha value is -2.52. The Morgan fingerprint density at radius 2 is 1.79 bits per heavy atom. The highest BCUT2D eigenvalue weighted by Gasteiger charge is 2.38. The molecule has 28 heavy (non-hydrogen) atoms. The molecular weight excluding hydrogens is 364 g/mol. The Morgan fingerprint density at radius 1 is 1.14 bits per heavy atom. The lowest BCUT2D eigenvalue weighted by Gasteiger charge is -2.32. The summed E-state index contributed by atoms with van der Waals surface area (Å²) in [5, 5.41) is 24.3. The van der Waals surface area contributed by atoms with Crippen molar-refractivity contribution in [2.75, 3.05) is 5.32 Å². The molecule has 9 heteroatoms. The Labute approximate surface area is 164 Å². The van der Waals surface area contributed by atoms with Gasteiger partial charge in [-0.25, -0.2) is 5.48 Å². The molecule has 0 saturated heterocycles. The van der Waals surface area contributed by atoms with Gasteiger partial charge in [-0.2, -0.15) is 0 Å². The van der Waals surface area contributed by atoms with Crippen LogP contribution in [0.2, 0.25) is 0 Å². The first-order valence-electron chi connectivity index (χ1n) is 9.10. The fourth-order valence-corrected chi connectivity index (χ4v) is 2.71. The molecule has 0 aliphatic heterocycles. The first kappa shape index (κ1) is 23.5. The van der Waals surface area contributed by atoms with Crippen LogP contribution in [0.5, 0.6) is 0 Å². The van der Waals surface area contributed by atoms with Gasteiger partial charge in [0.15, 0.2) is 0 Å². The molecule has 5 N–H and O–H groups in total. The topological polar surface area (TPSA) is 141 Å². The number of rotatable bonds is 8. The Kier molecular flexibility index (Phi) is 8.52. The number of hydrogen-bond acceptors (Lipinski definition) is 6. The van der Waals surface area contributed by atoms with E-state index >= 15 is 0 Å². The number of nitrogens with zero attached hydrogens (tertiary/aromatic N) is 1. The SMILES string of the molecule is CC(C)C[C@@H](C(=O)NC(C(=O)Nc1cccnc1)C(C)(C)C)[C@H](O)C(=O)NO. The second-order valence-corrected chi connectivity index (χ2v) is 8.20. The van der Waals surface area contributed by atoms with E-state index in [0.717, 1.165) is 0 Å². The molecule has 3 amide bonds. The van der Waals surface area contributed by atoms with Crippen LogP contribution in [0.1, 0.15) is 41.0 Å². The minimum absolute atomic E-state index is 0.00537. The molecule has 0 radical (unpaired) electrons. The van der Waals surface area contributed by atoms with Crippen LogP contribution in [0.4, 0.5) is 5.69 Å². The van der Waals surface area contributed by atoms with Crippen molar-refractivity contribution in [2.45, 2.75) is 53.2 Å². The molecule has 0 aliphatic rings. The van der Waals surface area contributed by atoms with Crippen LogP contribution >= 0.6 is 0 Å². The maximum atomic E-state index is 12.8. The Morgan fingerprint density at radius 3 is 2.25 bits per heavy atom. The average molecular weight is 394 g/mol. The number of nitrogens with one attached hydrogen (secondary N) is 3. The van der Waals surface area contributed by atoms with Gasteiger partial charge >= 0.3 is 0 Å². The van der Waals surface area contributed by atoms with E-state index in [2.05, 4.69) is 15.6 Å². The third-order valence-electron chi connectivity index (χ3n) is 4.17. The minimum atomic E-state index is -1.74. The van der Waals surface area contributed by atoms with Crippen molar-refractivity contribution in [1.29, 1.82) is 0 Å². The average Bonchev–Trinajstić information content (AvgIpc) is 2.62. The first-order chi connectivity index (χ1) is 13.0. The summed E-state index contributed by atoms with van der Waals surface area (Å²) in [7, 11) is 0. The van der Waals surface area contributed by atoms with Gasteiger partial charge in [0.1, 0.15) is 12.1 Å². The monoisotopic (exact) mass is 394 g/mol. The number of hydrogen-bond donors (Lipinski definition) is 5. The number of aliphatic hydroxyl groups excluding tert-OH is 1. The summed E-state index contributed by atoms with van der Waals surface area (Å²) in [6, 6.07) is 2.41. The van der Waals surface area contributed by atoms with Crippen LogP contribution in [0, 0.1) is 17.3 Å². The predicted octanol–water partition coefficient (Wildman–Crippen LogP) is 1.08. The van der Waals surface area contributed by atoms with Crippen molar-refractivity contribution in [3.05, 3.63) is 24.5 Å². The quantitative estimate of drug-likeness (QED) is 0.330. The van der Waals surface area contributed by atoms with E-state index < -0.39 is 41.2 Å². The summed E-state index contributed by atoms with van der Waals surface area (Å²) in [5.41, 5.74) is 1.19. The van der Waals surface area contributed by atoms with E-state index in [9.17, 15) is 19.5 Å². The van der Waals surface area contributed by atoms with Crippen molar-refractivity contribution in [1.82, 2.24) is 15.8 Å². The molecule has 9 nitrogen and oxygen atoms in total. The van der Waals surface area contributed by atoms with Crippen molar-refractivity contribution in [2.24, 2.45) is 17.3 Å². The van der Waals surface area contributed by atoms with Gasteiger partial charge in [-0.15, -0.1) is 0 Å². The molecule has 0 aliphatic carbocycles. The lowest BCUT2D eigenvalue weighted by atomic mass is 9.84. The van der Waals surface area contributed by atoms with Crippen LogP contribution in [0.25, 0.3) is 0 Å². The third kappa shape index (κ3) is 6.90. The maximum Gasteiger partial charge on any atom is 0.272 e. The number of hydroxylamine groups is 1. The standard InChI is InChI=1S/C19H30N4O5/c1-11(2)9-13(14(24)17(26)23-28)16(25)22-15(19(3,4)5)18(27)21-12-7-6-8-20-10-12/h6-8,10-11,13-15,24,28H,9H2,1-5H3,(H,21,27)(H,22,25)(H,23,26)/t13-,14+,15?/m1/s1. The number of pyridine rings is 1. The van der Waals surface area contributed by atoms with E-state index in [1.165, 1.54) is 11.7 Å². The highest BCUT2D eigenvalue weighted by atomic mass is 16.5. The summed E-state index contributed by atoms with van der Waals surface area (Å²) in [6.45, 7) is 9.03. The predicted molar refractivity (Wildman–Crippen MR) is 103 cm³/mol. The second-order valence-electron chi connectivity index (χ2n) is 8.20. The van der Waals surface area contributed by atoms with Gasteiger partial charge in [0.05, 0.1) is 17.8 Å². The normalized spacial score (nSPS) is 14.7. The fraction of sp³-hybridized carbons (Fsp3) is 0.579. The van der Waals surface area contributed by atoms with Gasteiger partial charge in [0, 0.05) is 6.20 Å². The van der Waals surface area contributed by atoms with Crippen LogP contribution in [0.15, 0.2) is 24.5 Å². The molecule has 3 atom stereocenters. The van der Waals surface area contributed by atoms with E-state index in [0.29, 0.717) is 5.69 Å². The van der Waals surface area contributed by atoms with Gasteiger partial charge in [-0.05, 0) is 29.9 Å². The zero-order chi connectivity index (χ0) is 21.5. The molecule has 156 valence electrons. The number of carbonyl (C=O) groups excluding carboxylic acids is 3. The van der Waals surface area contributed by atoms with Crippen LogP contribution in [0.3, 0.4) is 0 Å². The molecule has 1 aromatic rings. The van der Waals surface area contributed by atoms with Gasteiger partial charge in [-0.3, -0.25) is 24.6 Å². The number of amides is 3. The molecule has 0 bridgehead atoms. The Balaban J connectivity index is 3.03. The van der Waals surface area contributed by atoms with Crippen molar-refractivity contribution in [3.63, 3.8) is 0 Å². The fourth-order valence-electron chi connectivity index (χ4n) is 2.71. The van der Waals surface area contributed by atoms with E-state index in [-0.39, 0.29) is 12.3 Å². The van der Waals surface area contributed by atoms with Crippen molar-refractivity contribution in [3.8, 4) is 0 Å². The number of carbonyl (C=O) groups is 3. The molecule has 1 rings (SSSR count). The lowest BCUT2D eigenvalue weighted by Crippen LogP contribution is -2.55. The molecule has 0 spiro atoms. The maximum absolute atomic E-state index is 12.8.